The molecule has 5 nitrogen and oxygen atoms in total. The number of hydrogen-bond acceptors (Lipinski definition) is 3. The van der Waals surface area contributed by atoms with Gasteiger partial charge in [-0.05, 0) is 56.4 Å². The predicted octanol–water partition coefficient (Wildman–Crippen LogP) is 3.59. The first-order valence-electron chi connectivity index (χ1n) is 8.90. The average molecular weight is 350 g/mol. The Balaban J connectivity index is 1.75. The first-order valence-corrected chi connectivity index (χ1v) is 10.4. The predicted molar refractivity (Wildman–Crippen MR) is 96.8 cm³/mol. The van der Waals surface area contributed by atoms with E-state index in [0.29, 0.717) is 12.1 Å². The van der Waals surface area contributed by atoms with E-state index in [0.717, 1.165) is 62.7 Å². The van der Waals surface area contributed by atoms with Gasteiger partial charge in [0, 0.05) is 24.3 Å². The topological polar surface area (TPSA) is 66.5 Å². The number of aryl methyl sites for hydroxylation is 1. The minimum atomic E-state index is -3.33. The third-order valence-corrected chi connectivity index (χ3v) is 6.93. The molecule has 0 radical (unpaired) electrons. The maximum atomic E-state index is 12.5. The number of carbonyl (C=O) groups is 1. The molecule has 1 saturated heterocycles. The van der Waals surface area contributed by atoms with Crippen molar-refractivity contribution >= 4 is 27.3 Å². The van der Waals surface area contributed by atoms with Crippen LogP contribution in [0.15, 0.2) is 18.2 Å². The zero-order valence-electron chi connectivity index (χ0n) is 14.3. The smallest absolute Gasteiger partial charge is 0.235 e. The summed E-state index contributed by atoms with van der Waals surface area (Å²) in [6, 6.07) is 5.46. The first kappa shape index (κ1) is 17.3. The van der Waals surface area contributed by atoms with Crippen molar-refractivity contribution in [3.63, 3.8) is 0 Å². The maximum absolute atomic E-state index is 12.5. The summed E-state index contributed by atoms with van der Waals surface area (Å²) in [5.74, 6) is 0.153. The zero-order valence-corrected chi connectivity index (χ0v) is 15.1. The second-order valence-corrected chi connectivity index (χ2v) is 8.87. The summed E-state index contributed by atoms with van der Waals surface area (Å²) in [4.78, 5) is 13.9. The van der Waals surface area contributed by atoms with Gasteiger partial charge in [-0.3, -0.25) is 9.52 Å². The van der Waals surface area contributed by atoms with Gasteiger partial charge in [-0.25, -0.2) is 8.42 Å². The highest BCUT2D eigenvalue weighted by atomic mass is 32.2. The molecule has 2 fully saturated rings. The lowest BCUT2D eigenvalue weighted by Crippen LogP contribution is -2.35. The van der Waals surface area contributed by atoms with Crippen LogP contribution in [0.4, 0.5) is 11.4 Å². The van der Waals surface area contributed by atoms with Crippen molar-refractivity contribution in [3.8, 4) is 0 Å². The number of rotatable bonds is 4. The van der Waals surface area contributed by atoms with Crippen LogP contribution in [0.25, 0.3) is 0 Å². The molecule has 2 aliphatic rings. The molecule has 1 aliphatic carbocycles. The van der Waals surface area contributed by atoms with Gasteiger partial charge in [0.1, 0.15) is 0 Å². The summed E-state index contributed by atoms with van der Waals surface area (Å²) in [5.41, 5.74) is 2.40. The van der Waals surface area contributed by atoms with Gasteiger partial charge >= 0.3 is 0 Å². The quantitative estimate of drug-likeness (QED) is 0.902. The molecular formula is C18H26N2O3S. The van der Waals surface area contributed by atoms with Crippen LogP contribution in [0.3, 0.4) is 0 Å². The fraction of sp³-hybridized carbons (Fsp3) is 0.611. The van der Waals surface area contributed by atoms with Gasteiger partial charge in [-0.2, -0.15) is 0 Å². The van der Waals surface area contributed by atoms with E-state index in [1.807, 2.05) is 24.0 Å². The van der Waals surface area contributed by atoms with E-state index in [-0.39, 0.29) is 11.2 Å². The summed E-state index contributed by atoms with van der Waals surface area (Å²) in [6.45, 7) is 2.67. The summed E-state index contributed by atoms with van der Waals surface area (Å²) < 4.78 is 27.8. The SMILES string of the molecule is Cc1cc(NS(=O)(=O)C2CCCCC2)ccc1N1CCCCC1=O. The minimum Gasteiger partial charge on any atom is -0.312 e. The standard InChI is InChI=1S/C18H26N2O3S/c1-14-13-15(19-24(22,23)16-7-3-2-4-8-16)10-11-17(14)20-12-6-5-9-18(20)21/h10-11,13,16,19H,2-9,12H2,1H3. The van der Waals surface area contributed by atoms with E-state index in [9.17, 15) is 13.2 Å². The molecule has 1 aromatic rings. The van der Waals surface area contributed by atoms with Gasteiger partial charge in [-0.1, -0.05) is 19.3 Å². The molecule has 1 heterocycles. The number of piperidine rings is 1. The van der Waals surface area contributed by atoms with Crippen LogP contribution in [0, 0.1) is 6.92 Å². The molecule has 1 N–H and O–H groups in total. The number of sulfonamides is 1. The third kappa shape index (κ3) is 3.74. The molecule has 24 heavy (non-hydrogen) atoms. The van der Waals surface area contributed by atoms with Gasteiger partial charge < -0.3 is 4.90 Å². The Kier molecular flexibility index (Phi) is 5.13. The molecule has 0 bridgehead atoms. The van der Waals surface area contributed by atoms with Crippen LogP contribution in [0.5, 0.6) is 0 Å². The Hall–Kier alpha value is -1.56. The molecule has 1 amide bonds. The summed E-state index contributed by atoms with van der Waals surface area (Å²) in [6.07, 6.45) is 7.15. The van der Waals surface area contributed by atoms with Crippen molar-refractivity contribution in [2.45, 2.75) is 63.5 Å². The number of hydrogen-bond donors (Lipinski definition) is 1. The fourth-order valence-corrected chi connectivity index (χ4v) is 5.28. The number of nitrogens with one attached hydrogen (secondary N) is 1. The van der Waals surface area contributed by atoms with Crippen LogP contribution in [-0.2, 0) is 14.8 Å². The molecule has 6 heteroatoms. The molecule has 132 valence electrons. The molecule has 0 aromatic heterocycles. The first-order chi connectivity index (χ1) is 11.5. The third-order valence-electron chi connectivity index (χ3n) is 5.06. The zero-order chi connectivity index (χ0) is 17.2. The summed E-state index contributed by atoms with van der Waals surface area (Å²) >= 11 is 0. The Morgan fingerprint density at radius 2 is 1.83 bits per heavy atom. The van der Waals surface area contributed by atoms with Crippen molar-refractivity contribution in [2.75, 3.05) is 16.2 Å². The van der Waals surface area contributed by atoms with Crippen LogP contribution >= 0.6 is 0 Å². The van der Waals surface area contributed by atoms with Crippen molar-refractivity contribution in [1.82, 2.24) is 0 Å². The summed E-state index contributed by atoms with van der Waals surface area (Å²) in [7, 11) is -3.33. The lowest BCUT2D eigenvalue weighted by molar-refractivity contribution is -0.119. The van der Waals surface area contributed by atoms with E-state index in [1.165, 1.54) is 0 Å². The number of amides is 1. The highest BCUT2D eigenvalue weighted by Crippen LogP contribution is 2.29. The molecule has 1 saturated carbocycles. The number of anilines is 2. The Morgan fingerprint density at radius 1 is 1.08 bits per heavy atom. The molecule has 0 spiro atoms. The summed E-state index contributed by atoms with van der Waals surface area (Å²) in [5, 5.41) is -0.282. The van der Waals surface area contributed by atoms with E-state index < -0.39 is 10.0 Å². The van der Waals surface area contributed by atoms with Gasteiger partial charge in [0.2, 0.25) is 15.9 Å². The second-order valence-electron chi connectivity index (χ2n) is 6.91. The van der Waals surface area contributed by atoms with Crippen molar-refractivity contribution < 1.29 is 13.2 Å². The molecule has 1 aliphatic heterocycles. The van der Waals surface area contributed by atoms with Crippen LogP contribution in [0.2, 0.25) is 0 Å². The highest BCUT2D eigenvalue weighted by molar-refractivity contribution is 7.93. The van der Waals surface area contributed by atoms with Crippen LogP contribution < -0.4 is 9.62 Å². The molecule has 1 aromatic carbocycles. The number of benzene rings is 1. The van der Waals surface area contributed by atoms with Crippen LogP contribution in [-0.4, -0.2) is 26.1 Å². The molecule has 3 rings (SSSR count). The van der Waals surface area contributed by atoms with Gasteiger partial charge in [0.25, 0.3) is 0 Å². The molecular weight excluding hydrogens is 324 g/mol. The van der Waals surface area contributed by atoms with E-state index in [2.05, 4.69) is 4.72 Å². The second kappa shape index (κ2) is 7.13. The highest BCUT2D eigenvalue weighted by Gasteiger charge is 2.27. The largest absolute Gasteiger partial charge is 0.312 e. The molecule has 0 atom stereocenters. The monoisotopic (exact) mass is 350 g/mol. The number of nitrogens with zero attached hydrogens (tertiary/aromatic N) is 1. The molecule has 0 unspecified atom stereocenters. The van der Waals surface area contributed by atoms with Crippen molar-refractivity contribution in [2.24, 2.45) is 0 Å². The lowest BCUT2D eigenvalue weighted by atomic mass is 10.0. The average Bonchev–Trinajstić information content (AvgIpc) is 2.56. The Morgan fingerprint density at radius 3 is 2.50 bits per heavy atom. The van der Waals surface area contributed by atoms with Crippen molar-refractivity contribution in [3.05, 3.63) is 23.8 Å². The normalized spacial score (nSPS) is 20.2. The maximum Gasteiger partial charge on any atom is 0.235 e. The van der Waals surface area contributed by atoms with Gasteiger partial charge in [0.05, 0.1) is 5.25 Å². The Bertz CT molecular complexity index is 709. The van der Waals surface area contributed by atoms with Crippen LogP contribution in [0.1, 0.15) is 56.9 Å². The van der Waals surface area contributed by atoms with E-state index in [1.54, 1.807) is 6.07 Å². The minimum absolute atomic E-state index is 0.153. The van der Waals surface area contributed by atoms with Gasteiger partial charge in [-0.15, -0.1) is 0 Å². The van der Waals surface area contributed by atoms with E-state index >= 15 is 0 Å². The Labute approximate surface area is 144 Å². The lowest BCUT2D eigenvalue weighted by Gasteiger charge is -2.28. The number of carbonyl (C=O) groups excluding carboxylic acids is 1. The van der Waals surface area contributed by atoms with Gasteiger partial charge in [0.15, 0.2) is 0 Å². The fourth-order valence-electron chi connectivity index (χ4n) is 3.71. The van der Waals surface area contributed by atoms with E-state index in [4.69, 9.17) is 0 Å². The van der Waals surface area contributed by atoms with Crippen molar-refractivity contribution in [1.29, 1.82) is 0 Å².